The average Bonchev–Trinajstić information content (AvgIpc) is 3.31. The van der Waals surface area contributed by atoms with E-state index in [0.29, 0.717) is 39.6 Å². The van der Waals surface area contributed by atoms with Gasteiger partial charge in [0.1, 0.15) is 23.7 Å². The summed E-state index contributed by atoms with van der Waals surface area (Å²) in [6.07, 6.45) is 1.82. The van der Waals surface area contributed by atoms with Crippen LogP contribution in [-0.4, -0.2) is 16.1 Å². The Morgan fingerprint density at radius 2 is 1.91 bits per heavy atom. The summed E-state index contributed by atoms with van der Waals surface area (Å²) >= 11 is 6.08. The van der Waals surface area contributed by atoms with E-state index in [1.165, 1.54) is 6.07 Å². The molecule has 7 heteroatoms. The van der Waals surface area contributed by atoms with Crippen molar-refractivity contribution in [1.29, 1.82) is 10.5 Å². The molecule has 0 radical (unpaired) electrons. The monoisotopic (exact) mass is 441 g/mol. The quantitative estimate of drug-likeness (QED) is 0.530. The number of carboxylic acids is 1. The van der Waals surface area contributed by atoms with Crippen molar-refractivity contribution in [3.63, 3.8) is 0 Å². The van der Waals surface area contributed by atoms with Gasteiger partial charge in [-0.15, -0.1) is 0 Å². The van der Waals surface area contributed by atoms with Crippen molar-refractivity contribution < 1.29 is 14.3 Å². The molecule has 6 nitrogen and oxygen atoms in total. The van der Waals surface area contributed by atoms with Crippen LogP contribution in [0.25, 0.3) is 28.5 Å². The molecule has 0 atom stereocenters. The highest BCUT2D eigenvalue weighted by atomic mass is 35.5. The molecular weight excluding hydrogens is 426 g/mol. The summed E-state index contributed by atoms with van der Waals surface area (Å²) in [7, 11) is 0. The Morgan fingerprint density at radius 1 is 1.16 bits per heavy atom. The predicted molar refractivity (Wildman–Crippen MR) is 121 cm³/mol. The summed E-state index contributed by atoms with van der Waals surface area (Å²) in [5, 5.41) is 28.5. The molecule has 0 saturated heterocycles. The van der Waals surface area contributed by atoms with Gasteiger partial charge in [0.25, 0.3) is 0 Å². The minimum absolute atomic E-state index is 0.0169. The van der Waals surface area contributed by atoms with E-state index in [4.69, 9.17) is 21.1 Å². The summed E-state index contributed by atoms with van der Waals surface area (Å²) in [6.45, 7) is 5.46. The molecule has 0 spiro atoms. The molecule has 0 amide bonds. The van der Waals surface area contributed by atoms with Crippen molar-refractivity contribution in [3.8, 4) is 23.5 Å². The van der Waals surface area contributed by atoms with Gasteiger partial charge in [0.05, 0.1) is 33.1 Å². The third kappa shape index (κ3) is 3.28. The normalized spacial score (nSPS) is 13.8. The Kier molecular flexibility index (Phi) is 5.18. The number of nitriles is 2. The summed E-state index contributed by atoms with van der Waals surface area (Å²) < 4.78 is 5.97. The van der Waals surface area contributed by atoms with Gasteiger partial charge in [0.15, 0.2) is 0 Å². The van der Waals surface area contributed by atoms with Crippen molar-refractivity contribution in [2.75, 3.05) is 0 Å². The van der Waals surface area contributed by atoms with Crippen LogP contribution in [0.5, 0.6) is 0 Å². The van der Waals surface area contributed by atoms with E-state index in [9.17, 15) is 15.3 Å². The van der Waals surface area contributed by atoms with Crippen LogP contribution in [0, 0.1) is 36.5 Å². The summed E-state index contributed by atoms with van der Waals surface area (Å²) in [4.78, 5) is 15.7. The van der Waals surface area contributed by atoms with Crippen molar-refractivity contribution in [2.24, 2.45) is 0 Å². The van der Waals surface area contributed by atoms with Crippen molar-refractivity contribution in [2.45, 2.75) is 20.8 Å². The summed E-state index contributed by atoms with van der Waals surface area (Å²) in [5.74, 6) is -0.0400. The second-order valence-electron chi connectivity index (χ2n) is 7.40. The number of rotatable bonds is 3. The van der Waals surface area contributed by atoms with Gasteiger partial charge < -0.3 is 9.52 Å². The van der Waals surface area contributed by atoms with Crippen LogP contribution in [0.15, 0.2) is 40.3 Å². The largest absolute Gasteiger partial charge is 0.478 e. The number of hydrogen-bond acceptors (Lipinski definition) is 5. The highest BCUT2D eigenvalue weighted by Gasteiger charge is 2.29. The van der Waals surface area contributed by atoms with Gasteiger partial charge in [-0.25, -0.2) is 4.79 Å². The fourth-order valence-electron chi connectivity index (χ4n) is 3.92. The van der Waals surface area contributed by atoms with Gasteiger partial charge in [-0.2, -0.15) is 10.5 Å². The summed E-state index contributed by atoms with van der Waals surface area (Å²) in [5.41, 5.74) is 5.87. The highest BCUT2D eigenvalue weighted by molar-refractivity contribution is 6.33. The average molecular weight is 442 g/mol. The van der Waals surface area contributed by atoms with E-state index in [0.717, 1.165) is 22.3 Å². The molecule has 1 aliphatic rings. The van der Waals surface area contributed by atoms with E-state index in [-0.39, 0.29) is 10.6 Å². The van der Waals surface area contributed by atoms with E-state index in [1.54, 1.807) is 31.2 Å². The van der Waals surface area contributed by atoms with Crippen molar-refractivity contribution >= 4 is 34.8 Å². The Labute approximate surface area is 189 Å². The van der Waals surface area contributed by atoms with E-state index in [1.807, 2.05) is 19.9 Å². The molecule has 1 N–H and O–H groups in total. The number of halogens is 1. The maximum atomic E-state index is 11.2. The van der Waals surface area contributed by atoms with Crippen LogP contribution in [0.1, 0.15) is 51.1 Å². The number of carbonyl (C=O) groups is 1. The van der Waals surface area contributed by atoms with Crippen LogP contribution in [0.4, 0.5) is 0 Å². The molecular formula is C25H16ClN3O3. The first-order valence-corrected chi connectivity index (χ1v) is 10.0. The molecule has 0 bridgehead atoms. The van der Waals surface area contributed by atoms with Crippen LogP contribution in [0.3, 0.4) is 0 Å². The standard InChI is InChI=1S/C25H16ClN3O3/c1-12-18(23-13(2)19(10-27)14(3)29-24(23)20(12)11-28)9-16-5-7-22(32-16)15-4-6-17(25(30)31)21(26)8-15/h4-9H,1-3H3,(H,30,31). The number of fused-ring (bicyclic) bond motifs is 1. The Hall–Kier alpha value is -4.13. The number of aromatic nitrogens is 1. The number of aryl methyl sites for hydroxylation is 1. The number of benzene rings is 1. The lowest BCUT2D eigenvalue weighted by Gasteiger charge is -2.10. The van der Waals surface area contributed by atoms with Gasteiger partial charge in [-0.1, -0.05) is 17.7 Å². The molecule has 0 aliphatic heterocycles. The molecule has 1 aromatic carbocycles. The third-order valence-corrected chi connectivity index (χ3v) is 5.85. The number of aromatic carboxylic acids is 1. The van der Waals surface area contributed by atoms with E-state index >= 15 is 0 Å². The maximum absolute atomic E-state index is 11.2. The van der Waals surface area contributed by atoms with Crippen molar-refractivity contribution in [1.82, 2.24) is 4.98 Å². The topological polar surface area (TPSA) is 111 Å². The van der Waals surface area contributed by atoms with Crippen LogP contribution < -0.4 is 0 Å². The minimum atomic E-state index is -1.10. The predicted octanol–water partition coefficient (Wildman–Crippen LogP) is 6.03. The number of hydrogen-bond donors (Lipinski definition) is 1. The first kappa shape index (κ1) is 21.1. The number of furan rings is 1. The van der Waals surface area contributed by atoms with Crippen molar-refractivity contribution in [3.05, 3.63) is 80.3 Å². The lowest BCUT2D eigenvalue weighted by molar-refractivity contribution is 0.0697. The van der Waals surface area contributed by atoms with Crippen LogP contribution in [0.2, 0.25) is 5.02 Å². The molecule has 0 saturated carbocycles. The third-order valence-electron chi connectivity index (χ3n) is 5.53. The molecule has 0 fully saturated rings. The fourth-order valence-corrected chi connectivity index (χ4v) is 4.18. The fraction of sp³-hybridized carbons (Fsp3) is 0.120. The zero-order chi connectivity index (χ0) is 23.2. The minimum Gasteiger partial charge on any atom is -0.478 e. The lowest BCUT2D eigenvalue weighted by atomic mass is 9.96. The SMILES string of the molecule is CC1=C(C#N)c2nc(C)c(C#N)c(C)c2C1=Cc1ccc(-c2ccc(C(=O)O)c(Cl)c2)o1. The number of allylic oxidation sites excluding steroid dienone is 3. The van der Waals surface area contributed by atoms with Gasteiger partial charge in [0, 0.05) is 11.1 Å². The van der Waals surface area contributed by atoms with Gasteiger partial charge in [-0.3, -0.25) is 4.98 Å². The second-order valence-corrected chi connectivity index (χ2v) is 7.81. The summed E-state index contributed by atoms with van der Waals surface area (Å²) in [6, 6.07) is 12.6. The molecule has 2 aromatic heterocycles. The van der Waals surface area contributed by atoms with Crippen LogP contribution >= 0.6 is 11.6 Å². The molecule has 4 rings (SSSR count). The second kappa shape index (κ2) is 7.85. The lowest BCUT2D eigenvalue weighted by Crippen LogP contribution is -2.01. The number of pyridine rings is 1. The van der Waals surface area contributed by atoms with E-state index < -0.39 is 5.97 Å². The highest BCUT2D eigenvalue weighted by Crippen LogP contribution is 2.44. The van der Waals surface area contributed by atoms with E-state index in [2.05, 4.69) is 17.1 Å². The molecule has 0 unspecified atom stereocenters. The Balaban J connectivity index is 1.82. The number of nitrogens with zero attached hydrogens (tertiary/aromatic N) is 3. The maximum Gasteiger partial charge on any atom is 0.337 e. The molecule has 156 valence electrons. The Bertz CT molecular complexity index is 1460. The first-order valence-electron chi connectivity index (χ1n) is 9.65. The van der Waals surface area contributed by atoms with Crippen LogP contribution in [-0.2, 0) is 0 Å². The van der Waals surface area contributed by atoms with Gasteiger partial charge in [0.2, 0.25) is 0 Å². The zero-order valence-electron chi connectivity index (χ0n) is 17.4. The van der Waals surface area contributed by atoms with Gasteiger partial charge >= 0.3 is 5.97 Å². The van der Waals surface area contributed by atoms with Gasteiger partial charge in [-0.05, 0) is 67.8 Å². The molecule has 1 aliphatic carbocycles. The molecule has 2 heterocycles. The Morgan fingerprint density at radius 3 is 2.53 bits per heavy atom. The molecule has 32 heavy (non-hydrogen) atoms. The first-order chi connectivity index (χ1) is 15.3. The smallest absolute Gasteiger partial charge is 0.337 e. The zero-order valence-corrected chi connectivity index (χ0v) is 18.2. The molecule has 3 aromatic rings. The number of carboxylic acid groups (broad SMARTS) is 1.